The number of hydrogen-bond acceptors (Lipinski definition) is 5. The maximum absolute atomic E-state index is 13.5. The Morgan fingerprint density at radius 1 is 1.20 bits per heavy atom. The zero-order chi connectivity index (χ0) is 21.5. The minimum Gasteiger partial charge on any atom is -0.307 e. The van der Waals surface area contributed by atoms with Crippen molar-refractivity contribution in [1.29, 1.82) is 0 Å². The van der Waals surface area contributed by atoms with E-state index < -0.39 is 17.6 Å². The van der Waals surface area contributed by atoms with Crippen LogP contribution in [0.4, 0.5) is 13.2 Å². The summed E-state index contributed by atoms with van der Waals surface area (Å²) in [6, 6.07) is 6.72. The van der Waals surface area contributed by atoms with Gasteiger partial charge in [-0.25, -0.2) is 9.50 Å². The molecule has 2 aromatic heterocycles. The molecule has 0 radical (unpaired) electrons. The summed E-state index contributed by atoms with van der Waals surface area (Å²) < 4.78 is 41.6. The summed E-state index contributed by atoms with van der Waals surface area (Å²) >= 11 is 0. The summed E-state index contributed by atoms with van der Waals surface area (Å²) in [6.45, 7) is 3.51. The average molecular weight is 414 g/mol. The molecule has 1 aliphatic heterocycles. The Bertz CT molecular complexity index is 1210. The normalized spacial score (nSPS) is 13.9. The van der Waals surface area contributed by atoms with Crippen LogP contribution in [0.25, 0.3) is 16.9 Å². The molecule has 0 fully saturated rings. The van der Waals surface area contributed by atoms with Gasteiger partial charge in [-0.05, 0) is 43.2 Å². The van der Waals surface area contributed by atoms with Crippen LogP contribution in [0.2, 0.25) is 0 Å². The number of amides is 1. The Kier molecular flexibility index (Phi) is 4.69. The van der Waals surface area contributed by atoms with Crippen LogP contribution in [0.5, 0.6) is 0 Å². The molecule has 0 aliphatic carbocycles. The molecule has 0 bridgehead atoms. The third-order valence-corrected chi connectivity index (χ3v) is 4.64. The van der Waals surface area contributed by atoms with Crippen molar-refractivity contribution in [2.75, 3.05) is 0 Å². The molecule has 0 saturated heterocycles. The molecule has 1 aromatic carbocycles. The number of hydrazine groups is 1. The molecule has 10 heteroatoms. The van der Waals surface area contributed by atoms with E-state index in [2.05, 4.69) is 26.3 Å². The van der Waals surface area contributed by atoms with Crippen LogP contribution < -0.4 is 16.2 Å². The lowest BCUT2D eigenvalue weighted by atomic mass is 10.0. The van der Waals surface area contributed by atoms with Crippen molar-refractivity contribution in [2.24, 2.45) is 0 Å². The highest BCUT2D eigenvalue weighted by Gasteiger charge is 2.34. The summed E-state index contributed by atoms with van der Waals surface area (Å²) in [5.41, 5.74) is 6.66. The fraction of sp³-hybridized carbons (Fsp3) is 0.150. The molecule has 0 spiro atoms. The summed E-state index contributed by atoms with van der Waals surface area (Å²) in [4.78, 5) is 17.0. The Morgan fingerprint density at radius 2 is 1.97 bits per heavy atom. The number of rotatable bonds is 3. The molecule has 1 aliphatic rings. The number of aryl methyl sites for hydroxylation is 1. The second-order valence-electron chi connectivity index (χ2n) is 6.75. The van der Waals surface area contributed by atoms with Gasteiger partial charge in [-0.3, -0.25) is 10.2 Å². The van der Waals surface area contributed by atoms with E-state index in [4.69, 9.17) is 0 Å². The molecular formula is C20H17F3N6O. The number of nitrogens with one attached hydrogen (secondary N) is 3. The average Bonchev–Trinajstić information content (AvgIpc) is 3.14. The summed E-state index contributed by atoms with van der Waals surface area (Å²) in [5.74, 6) is -0.0534. The van der Waals surface area contributed by atoms with Gasteiger partial charge in [0.2, 0.25) is 0 Å². The molecule has 30 heavy (non-hydrogen) atoms. The zero-order valence-electron chi connectivity index (χ0n) is 16.0. The van der Waals surface area contributed by atoms with Crippen molar-refractivity contribution in [3.63, 3.8) is 0 Å². The third-order valence-electron chi connectivity index (χ3n) is 4.64. The number of carbonyl (C=O) groups excluding carboxylic acids is 1. The van der Waals surface area contributed by atoms with Gasteiger partial charge >= 0.3 is 6.18 Å². The number of imidazole rings is 1. The SMILES string of the molecule is CC1=C(NC(=O)c2cnc3c(C)cc(-c4ccccc4C(F)(F)F)nn23)NNC=C1. The first-order valence-electron chi connectivity index (χ1n) is 8.98. The summed E-state index contributed by atoms with van der Waals surface area (Å²) in [6.07, 6.45) is 0.253. The minimum atomic E-state index is -4.53. The van der Waals surface area contributed by atoms with Gasteiger partial charge in [-0.1, -0.05) is 18.2 Å². The number of benzene rings is 1. The monoisotopic (exact) mass is 414 g/mol. The number of halogens is 3. The molecule has 7 nitrogen and oxygen atoms in total. The van der Waals surface area contributed by atoms with E-state index >= 15 is 0 Å². The van der Waals surface area contributed by atoms with E-state index in [9.17, 15) is 18.0 Å². The number of alkyl halides is 3. The number of aromatic nitrogens is 3. The molecule has 4 rings (SSSR count). The maximum atomic E-state index is 13.5. The lowest BCUT2D eigenvalue weighted by Gasteiger charge is -2.17. The van der Waals surface area contributed by atoms with Gasteiger partial charge in [0.25, 0.3) is 5.91 Å². The highest BCUT2D eigenvalue weighted by Crippen LogP contribution is 2.36. The van der Waals surface area contributed by atoms with Gasteiger partial charge in [0, 0.05) is 11.8 Å². The second-order valence-corrected chi connectivity index (χ2v) is 6.75. The molecular weight excluding hydrogens is 397 g/mol. The number of hydrogen-bond donors (Lipinski definition) is 3. The van der Waals surface area contributed by atoms with Gasteiger partial charge in [-0.15, -0.1) is 0 Å². The van der Waals surface area contributed by atoms with Gasteiger partial charge in [0.05, 0.1) is 17.5 Å². The van der Waals surface area contributed by atoms with Crippen molar-refractivity contribution in [1.82, 2.24) is 30.8 Å². The van der Waals surface area contributed by atoms with Crippen molar-refractivity contribution >= 4 is 11.6 Å². The van der Waals surface area contributed by atoms with Gasteiger partial charge in [0.1, 0.15) is 5.82 Å². The van der Waals surface area contributed by atoms with Crippen molar-refractivity contribution < 1.29 is 18.0 Å². The van der Waals surface area contributed by atoms with E-state index in [1.54, 1.807) is 19.2 Å². The number of fused-ring (bicyclic) bond motifs is 1. The Hall–Kier alpha value is -3.82. The number of allylic oxidation sites excluding steroid dienone is 2. The van der Waals surface area contributed by atoms with Crippen LogP contribution >= 0.6 is 0 Å². The molecule has 154 valence electrons. The molecule has 3 heterocycles. The van der Waals surface area contributed by atoms with Crippen molar-refractivity contribution in [2.45, 2.75) is 20.0 Å². The molecule has 0 unspecified atom stereocenters. The highest BCUT2D eigenvalue weighted by atomic mass is 19.4. The van der Waals surface area contributed by atoms with Crippen LogP contribution in [0.15, 0.2) is 60.2 Å². The van der Waals surface area contributed by atoms with Crippen molar-refractivity contribution in [3.05, 3.63) is 77.0 Å². The van der Waals surface area contributed by atoms with E-state index in [1.807, 2.05) is 6.92 Å². The van der Waals surface area contributed by atoms with Crippen LogP contribution in [-0.2, 0) is 6.18 Å². The maximum Gasteiger partial charge on any atom is 0.417 e. The third kappa shape index (κ3) is 3.47. The van der Waals surface area contributed by atoms with Crippen LogP contribution in [0.1, 0.15) is 28.5 Å². The molecule has 0 atom stereocenters. The molecule has 1 amide bonds. The highest BCUT2D eigenvalue weighted by molar-refractivity contribution is 5.94. The Balaban J connectivity index is 1.80. The summed E-state index contributed by atoms with van der Waals surface area (Å²) in [7, 11) is 0. The van der Waals surface area contributed by atoms with Crippen LogP contribution in [0, 0.1) is 6.92 Å². The smallest absolute Gasteiger partial charge is 0.307 e. The number of carbonyl (C=O) groups is 1. The number of nitrogens with zero attached hydrogens (tertiary/aromatic N) is 3. The minimum absolute atomic E-state index is 0.0723. The predicted octanol–water partition coefficient (Wildman–Crippen LogP) is 3.31. The molecule has 0 saturated carbocycles. The first kappa shape index (κ1) is 19.5. The first-order valence-corrected chi connectivity index (χ1v) is 8.98. The zero-order valence-corrected chi connectivity index (χ0v) is 16.0. The van der Waals surface area contributed by atoms with E-state index in [-0.39, 0.29) is 17.0 Å². The van der Waals surface area contributed by atoms with Gasteiger partial charge < -0.3 is 10.7 Å². The van der Waals surface area contributed by atoms with Crippen LogP contribution in [0.3, 0.4) is 0 Å². The predicted molar refractivity (Wildman–Crippen MR) is 104 cm³/mol. The standard InChI is InChI=1S/C20H17F3N6O/c1-11-7-8-25-27-17(11)26-19(30)16-10-24-18-12(2)9-15(28-29(16)18)13-5-3-4-6-14(13)20(21,22)23/h3-10,25,27H,1-2H3,(H,26,30). The molecule has 3 aromatic rings. The lowest BCUT2D eigenvalue weighted by molar-refractivity contribution is -0.137. The van der Waals surface area contributed by atoms with Gasteiger partial charge in [0.15, 0.2) is 11.3 Å². The fourth-order valence-corrected chi connectivity index (χ4v) is 3.13. The Labute approximate surface area is 169 Å². The summed E-state index contributed by atoms with van der Waals surface area (Å²) in [5, 5.41) is 7.01. The first-order chi connectivity index (χ1) is 14.3. The molecule has 3 N–H and O–H groups in total. The van der Waals surface area contributed by atoms with E-state index in [0.29, 0.717) is 17.0 Å². The van der Waals surface area contributed by atoms with E-state index in [1.165, 1.54) is 35.0 Å². The topological polar surface area (TPSA) is 83.4 Å². The fourth-order valence-electron chi connectivity index (χ4n) is 3.13. The van der Waals surface area contributed by atoms with Crippen molar-refractivity contribution in [3.8, 4) is 11.3 Å². The lowest BCUT2D eigenvalue weighted by Crippen LogP contribution is -2.40. The second kappa shape index (κ2) is 7.21. The largest absolute Gasteiger partial charge is 0.417 e. The van der Waals surface area contributed by atoms with Gasteiger partial charge in [-0.2, -0.15) is 18.3 Å². The van der Waals surface area contributed by atoms with Crippen LogP contribution in [-0.4, -0.2) is 20.5 Å². The quantitative estimate of drug-likeness (QED) is 0.613. The Morgan fingerprint density at radius 3 is 2.70 bits per heavy atom. The van der Waals surface area contributed by atoms with E-state index in [0.717, 1.165) is 11.6 Å².